The molecule has 0 aliphatic heterocycles. The Labute approximate surface area is 138 Å². The third-order valence-corrected chi connectivity index (χ3v) is 3.55. The average Bonchev–Trinajstić information content (AvgIpc) is 2.35. The summed E-state index contributed by atoms with van der Waals surface area (Å²) in [5.41, 5.74) is 2.44. The Morgan fingerprint density at radius 1 is 1.04 bits per heavy atom. The summed E-state index contributed by atoms with van der Waals surface area (Å²) in [5, 5.41) is 9.33. The Bertz CT molecular complexity index is 563. The van der Waals surface area contributed by atoms with Gasteiger partial charge < -0.3 is 9.84 Å². The number of hydrogen-bond acceptors (Lipinski definition) is 3. The molecule has 0 spiro atoms. The fraction of sp³-hybridized carbons (Fsp3) is 0.579. The third kappa shape index (κ3) is 5.38. The number of aromatic carboxylic acids is 1. The zero-order valence-electron chi connectivity index (χ0n) is 15.2. The Hall–Kier alpha value is -1.84. The topological polar surface area (TPSA) is 63.6 Å². The van der Waals surface area contributed by atoms with E-state index in [-0.39, 0.29) is 29.8 Å². The Balaban J connectivity index is 3.37. The first kappa shape index (κ1) is 19.2. The molecule has 0 radical (unpaired) electrons. The van der Waals surface area contributed by atoms with Crippen LogP contribution in [0, 0.1) is 0 Å². The van der Waals surface area contributed by atoms with Crippen molar-refractivity contribution in [2.24, 2.45) is 0 Å². The normalized spacial score (nSPS) is 11.9. The number of benzene rings is 1. The highest BCUT2D eigenvalue weighted by atomic mass is 16.6. The number of carbonyl (C=O) groups excluding carboxylic acids is 1. The summed E-state index contributed by atoms with van der Waals surface area (Å²) in [6.07, 6.45) is 0.165. The summed E-state index contributed by atoms with van der Waals surface area (Å²) in [5.74, 6) is -0.976. The smallest absolute Gasteiger partial charge is 0.335 e. The molecule has 0 atom stereocenters. The van der Waals surface area contributed by atoms with Gasteiger partial charge in [-0.05, 0) is 61.4 Å². The number of hydrogen-bond donors (Lipinski definition) is 1. The third-order valence-electron chi connectivity index (χ3n) is 3.55. The summed E-state index contributed by atoms with van der Waals surface area (Å²) >= 11 is 0. The van der Waals surface area contributed by atoms with Crippen LogP contribution in [-0.2, 0) is 16.0 Å². The molecular weight excluding hydrogens is 292 g/mol. The zero-order valence-corrected chi connectivity index (χ0v) is 15.2. The van der Waals surface area contributed by atoms with E-state index < -0.39 is 11.6 Å². The fourth-order valence-electron chi connectivity index (χ4n) is 2.60. The van der Waals surface area contributed by atoms with E-state index >= 15 is 0 Å². The molecule has 0 aliphatic carbocycles. The van der Waals surface area contributed by atoms with Crippen LogP contribution in [0.1, 0.15) is 87.4 Å². The van der Waals surface area contributed by atoms with Gasteiger partial charge in [0, 0.05) is 0 Å². The standard InChI is InChI=1S/C19H28O4/c1-11(2)14-8-13(18(21)22)9-15(12(3)4)16(14)10-17(20)23-19(5,6)7/h8-9,11-12H,10H2,1-7H3,(H,21,22). The highest BCUT2D eigenvalue weighted by Gasteiger charge is 2.23. The first-order valence-corrected chi connectivity index (χ1v) is 8.04. The Kier molecular flexibility index (Phi) is 5.98. The van der Waals surface area contributed by atoms with Gasteiger partial charge in [-0.2, -0.15) is 0 Å². The van der Waals surface area contributed by atoms with Crippen LogP contribution in [-0.4, -0.2) is 22.6 Å². The predicted molar refractivity (Wildman–Crippen MR) is 91.1 cm³/mol. The molecule has 0 saturated carbocycles. The van der Waals surface area contributed by atoms with Crippen molar-refractivity contribution in [3.63, 3.8) is 0 Å². The highest BCUT2D eigenvalue weighted by molar-refractivity contribution is 5.89. The van der Waals surface area contributed by atoms with Gasteiger partial charge in [-0.1, -0.05) is 27.7 Å². The van der Waals surface area contributed by atoms with Crippen molar-refractivity contribution < 1.29 is 19.4 Å². The monoisotopic (exact) mass is 320 g/mol. The minimum absolute atomic E-state index is 0.129. The second-order valence-electron chi connectivity index (χ2n) is 7.51. The van der Waals surface area contributed by atoms with E-state index in [0.29, 0.717) is 0 Å². The van der Waals surface area contributed by atoms with Crippen molar-refractivity contribution in [2.45, 2.75) is 72.3 Å². The van der Waals surface area contributed by atoms with E-state index in [4.69, 9.17) is 4.74 Å². The predicted octanol–water partition coefficient (Wildman–Crippen LogP) is 4.52. The molecule has 128 valence electrons. The number of carboxylic acid groups (broad SMARTS) is 1. The summed E-state index contributed by atoms with van der Waals surface area (Å²) in [7, 11) is 0. The van der Waals surface area contributed by atoms with Crippen LogP contribution in [0.2, 0.25) is 0 Å². The van der Waals surface area contributed by atoms with Crippen LogP contribution in [0.25, 0.3) is 0 Å². The molecule has 0 bridgehead atoms. The summed E-state index contributed by atoms with van der Waals surface area (Å²) in [4.78, 5) is 23.6. The number of ether oxygens (including phenoxy) is 1. The highest BCUT2D eigenvalue weighted by Crippen LogP contribution is 2.30. The van der Waals surface area contributed by atoms with E-state index in [1.165, 1.54) is 0 Å². The molecule has 0 saturated heterocycles. The van der Waals surface area contributed by atoms with Crippen molar-refractivity contribution in [2.75, 3.05) is 0 Å². The first-order valence-electron chi connectivity index (χ1n) is 8.04. The maximum absolute atomic E-state index is 12.3. The Morgan fingerprint density at radius 2 is 1.48 bits per heavy atom. The number of carbonyl (C=O) groups is 2. The van der Waals surface area contributed by atoms with Crippen molar-refractivity contribution in [1.82, 2.24) is 0 Å². The first-order chi connectivity index (χ1) is 10.4. The lowest BCUT2D eigenvalue weighted by molar-refractivity contribution is -0.153. The van der Waals surface area contributed by atoms with Crippen LogP contribution >= 0.6 is 0 Å². The SMILES string of the molecule is CC(C)c1cc(C(=O)O)cc(C(C)C)c1CC(=O)OC(C)(C)C. The molecule has 1 aromatic rings. The minimum atomic E-state index is -0.947. The van der Waals surface area contributed by atoms with Gasteiger partial charge in [0.1, 0.15) is 5.60 Å². The van der Waals surface area contributed by atoms with E-state index in [1.54, 1.807) is 12.1 Å². The molecule has 1 aromatic carbocycles. The van der Waals surface area contributed by atoms with E-state index in [2.05, 4.69) is 0 Å². The summed E-state index contributed by atoms with van der Waals surface area (Å²) in [6.45, 7) is 13.5. The van der Waals surface area contributed by atoms with Crippen molar-refractivity contribution in [1.29, 1.82) is 0 Å². The van der Waals surface area contributed by atoms with Gasteiger partial charge in [-0.15, -0.1) is 0 Å². The van der Waals surface area contributed by atoms with Crippen LogP contribution < -0.4 is 0 Å². The van der Waals surface area contributed by atoms with Gasteiger partial charge in [0.15, 0.2) is 0 Å². The number of esters is 1. The zero-order chi connectivity index (χ0) is 17.9. The molecule has 0 heterocycles. The average molecular weight is 320 g/mol. The molecular formula is C19H28O4. The van der Waals surface area contributed by atoms with E-state index in [9.17, 15) is 14.7 Å². The van der Waals surface area contributed by atoms with Crippen LogP contribution in [0.3, 0.4) is 0 Å². The van der Waals surface area contributed by atoms with Crippen LogP contribution in [0.4, 0.5) is 0 Å². The molecule has 0 aliphatic rings. The van der Waals surface area contributed by atoms with Gasteiger partial charge in [-0.3, -0.25) is 4.79 Å². The molecule has 0 unspecified atom stereocenters. The van der Waals surface area contributed by atoms with Gasteiger partial charge in [-0.25, -0.2) is 4.79 Å². The van der Waals surface area contributed by atoms with Gasteiger partial charge >= 0.3 is 11.9 Å². The van der Waals surface area contributed by atoms with Gasteiger partial charge in [0.05, 0.1) is 12.0 Å². The van der Waals surface area contributed by atoms with E-state index in [1.807, 2.05) is 48.5 Å². The molecule has 4 heteroatoms. The van der Waals surface area contributed by atoms with Gasteiger partial charge in [0.2, 0.25) is 0 Å². The molecule has 23 heavy (non-hydrogen) atoms. The lowest BCUT2D eigenvalue weighted by atomic mass is 9.85. The second kappa shape index (κ2) is 7.16. The second-order valence-corrected chi connectivity index (χ2v) is 7.51. The Morgan fingerprint density at radius 3 is 1.78 bits per heavy atom. The number of carboxylic acids is 1. The molecule has 0 fully saturated rings. The largest absolute Gasteiger partial charge is 0.478 e. The minimum Gasteiger partial charge on any atom is -0.478 e. The maximum Gasteiger partial charge on any atom is 0.335 e. The van der Waals surface area contributed by atoms with Crippen molar-refractivity contribution in [3.8, 4) is 0 Å². The lowest BCUT2D eigenvalue weighted by Crippen LogP contribution is -2.25. The molecule has 0 amide bonds. The van der Waals surface area contributed by atoms with Crippen molar-refractivity contribution >= 4 is 11.9 Å². The fourth-order valence-corrected chi connectivity index (χ4v) is 2.60. The number of rotatable bonds is 5. The lowest BCUT2D eigenvalue weighted by Gasteiger charge is -2.23. The van der Waals surface area contributed by atoms with Crippen LogP contribution in [0.15, 0.2) is 12.1 Å². The maximum atomic E-state index is 12.3. The van der Waals surface area contributed by atoms with Crippen LogP contribution in [0.5, 0.6) is 0 Å². The molecule has 1 N–H and O–H groups in total. The quantitative estimate of drug-likeness (QED) is 0.810. The molecule has 0 aromatic heterocycles. The molecule has 1 rings (SSSR count). The summed E-state index contributed by atoms with van der Waals surface area (Å²) < 4.78 is 5.43. The van der Waals surface area contributed by atoms with Crippen molar-refractivity contribution in [3.05, 3.63) is 34.4 Å². The molecule has 4 nitrogen and oxygen atoms in total. The van der Waals surface area contributed by atoms with Gasteiger partial charge in [0.25, 0.3) is 0 Å². The van der Waals surface area contributed by atoms with E-state index in [0.717, 1.165) is 16.7 Å². The summed E-state index contributed by atoms with van der Waals surface area (Å²) in [6, 6.07) is 3.36.